The minimum atomic E-state index is -0.0613. The van der Waals surface area contributed by atoms with Crippen molar-refractivity contribution in [2.75, 3.05) is 14.2 Å². The Kier molecular flexibility index (Phi) is 3.90. The van der Waals surface area contributed by atoms with Crippen LogP contribution in [0.5, 0.6) is 11.5 Å². The Bertz CT molecular complexity index is 616. The van der Waals surface area contributed by atoms with E-state index in [-0.39, 0.29) is 5.41 Å². The lowest BCUT2D eigenvalue weighted by Crippen LogP contribution is -2.49. The van der Waals surface area contributed by atoms with Gasteiger partial charge < -0.3 is 9.47 Å². The summed E-state index contributed by atoms with van der Waals surface area (Å²) in [6, 6.07) is 5.72. The van der Waals surface area contributed by atoms with Crippen molar-refractivity contribution in [3.05, 3.63) is 29.8 Å². The number of hydrogen-bond acceptors (Lipinski definition) is 3. The van der Waals surface area contributed by atoms with Crippen molar-refractivity contribution >= 4 is 11.9 Å². The van der Waals surface area contributed by atoms with Gasteiger partial charge >= 0.3 is 0 Å². The molecule has 1 aromatic carbocycles. The van der Waals surface area contributed by atoms with Crippen molar-refractivity contribution in [1.29, 1.82) is 0 Å². The second-order valence-corrected chi connectivity index (χ2v) is 8.04. The fourth-order valence-electron chi connectivity index (χ4n) is 5.69. The van der Waals surface area contributed by atoms with Gasteiger partial charge in [-0.3, -0.25) is 4.79 Å². The summed E-state index contributed by atoms with van der Waals surface area (Å²) < 4.78 is 10.6. The van der Waals surface area contributed by atoms with Crippen molar-refractivity contribution in [2.24, 2.45) is 23.2 Å². The fraction of sp³-hybridized carbons (Fsp3) is 0.571. The highest BCUT2D eigenvalue weighted by Crippen LogP contribution is 2.60. The fourth-order valence-corrected chi connectivity index (χ4v) is 5.69. The summed E-state index contributed by atoms with van der Waals surface area (Å²) in [6.45, 7) is 0. The molecule has 0 N–H and O–H groups in total. The first-order chi connectivity index (χ1) is 11.6. The molecule has 0 atom stereocenters. The first-order valence-corrected chi connectivity index (χ1v) is 9.06. The van der Waals surface area contributed by atoms with Crippen LogP contribution in [-0.4, -0.2) is 20.0 Å². The van der Waals surface area contributed by atoms with Crippen molar-refractivity contribution in [3.63, 3.8) is 0 Å². The Labute approximate surface area is 144 Å². The Morgan fingerprint density at radius 1 is 0.958 bits per heavy atom. The Morgan fingerprint density at radius 2 is 1.46 bits per heavy atom. The van der Waals surface area contributed by atoms with Crippen molar-refractivity contribution in [1.82, 2.24) is 0 Å². The summed E-state index contributed by atoms with van der Waals surface area (Å²) in [7, 11) is 3.28. The number of methoxy groups -OCH3 is 2. The first kappa shape index (κ1) is 15.7. The second-order valence-electron chi connectivity index (χ2n) is 8.04. The molecule has 0 radical (unpaired) electrons. The standard InChI is InChI=1S/C21H26O3/c1-23-18-8-14(9-19(10-18)24-2)3-4-20(22)21-11-15-5-16(12-21)7-17(6-15)13-21/h3-4,8-10,15-17H,5-7,11-13H2,1-2H3. The van der Waals surface area contributed by atoms with Gasteiger partial charge in [0.1, 0.15) is 11.5 Å². The van der Waals surface area contributed by atoms with Gasteiger partial charge in [-0.05, 0) is 80.1 Å². The highest BCUT2D eigenvalue weighted by atomic mass is 16.5. The number of hydrogen-bond donors (Lipinski definition) is 0. The number of ether oxygens (including phenoxy) is 2. The van der Waals surface area contributed by atoms with E-state index in [0.29, 0.717) is 5.78 Å². The maximum absolute atomic E-state index is 13.0. The number of carbonyl (C=O) groups is 1. The van der Waals surface area contributed by atoms with E-state index < -0.39 is 0 Å². The van der Waals surface area contributed by atoms with Crippen LogP contribution in [0.2, 0.25) is 0 Å². The highest BCUT2D eigenvalue weighted by Gasteiger charge is 2.53. The van der Waals surface area contributed by atoms with Crippen LogP contribution in [0, 0.1) is 23.2 Å². The van der Waals surface area contributed by atoms with Crippen molar-refractivity contribution in [3.8, 4) is 11.5 Å². The molecule has 4 saturated carbocycles. The first-order valence-electron chi connectivity index (χ1n) is 9.06. The van der Waals surface area contributed by atoms with Crippen LogP contribution in [-0.2, 0) is 4.79 Å². The molecule has 0 heterocycles. The van der Waals surface area contributed by atoms with Crippen LogP contribution in [0.1, 0.15) is 44.1 Å². The summed E-state index contributed by atoms with van der Waals surface area (Å²) in [6.07, 6.45) is 11.2. The topological polar surface area (TPSA) is 35.5 Å². The Hall–Kier alpha value is -1.77. The summed E-state index contributed by atoms with van der Waals surface area (Å²) in [5.74, 6) is 4.22. The quantitative estimate of drug-likeness (QED) is 0.747. The van der Waals surface area contributed by atoms with E-state index in [4.69, 9.17) is 9.47 Å². The van der Waals surface area contributed by atoms with Crippen molar-refractivity contribution < 1.29 is 14.3 Å². The average Bonchev–Trinajstić information content (AvgIpc) is 2.58. The Morgan fingerprint density at radius 3 is 1.92 bits per heavy atom. The average molecular weight is 326 g/mol. The minimum Gasteiger partial charge on any atom is -0.497 e. The monoisotopic (exact) mass is 326 g/mol. The lowest BCUT2D eigenvalue weighted by molar-refractivity contribution is -0.138. The normalized spacial score (nSPS) is 33.8. The molecule has 3 heteroatoms. The zero-order valence-electron chi connectivity index (χ0n) is 14.6. The minimum absolute atomic E-state index is 0.0613. The number of ketones is 1. The van der Waals surface area contributed by atoms with E-state index in [9.17, 15) is 4.79 Å². The molecule has 1 aromatic rings. The number of allylic oxidation sites excluding steroid dienone is 1. The molecule has 24 heavy (non-hydrogen) atoms. The molecule has 0 spiro atoms. The maximum atomic E-state index is 13.0. The van der Waals surface area contributed by atoms with Gasteiger partial charge in [0.25, 0.3) is 0 Å². The molecule has 0 aromatic heterocycles. The molecule has 0 amide bonds. The largest absolute Gasteiger partial charge is 0.497 e. The predicted octanol–water partition coefficient (Wildman–Crippen LogP) is 4.50. The van der Waals surface area contributed by atoms with E-state index in [2.05, 4.69) is 0 Å². The zero-order valence-corrected chi connectivity index (χ0v) is 14.6. The van der Waals surface area contributed by atoms with Gasteiger partial charge in [-0.2, -0.15) is 0 Å². The molecule has 128 valence electrons. The van der Waals surface area contributed by atoms with E-state index in [1.165, 1.54) is 19.3 Å². The second kappa shape index (κ2) is 5.94. The number of carbonyl (C=O) groups excluding carboxylic acids is 1. The molecule has 4 aliphatic carbocycles. The van der Waals surface area contributed by atoms with Gasteiger partial charge in [0.15, 0.2) is 5.78 Å². The zero-order chi connectivity index (χ0) is 16.7. The van der Waals surface area contributed by atoms with Gasteiger partial charge in [-0.1, -0.05) is 6.08 Å². The summed E-state index contributed by atoms with van der Waals surface area (Å²) >= 11 is 0. The third-order valence-corrected chi connectivity index (χ3v) is 6.36. The third kappa shape index (κ3) is 2.74. The lowest BCUT2D eigenvalue weighted by atomic mass is 9.48. The summed E-state index contributed by atoms with van der Waals surface area (Å²) in [5, 5.41) is 0. The molecular formula is C21H26O3. The van der Waals surface area contributed by atoms with Crippen LogP contribution in [0.3, 0.4) is 0 Å². The van der Waals surface area contributed by atoms with Crippen LogP contribution in [0.25, 0.3) is 6.08 Å². The molecule has 4 aliphatic rings. The molecule has 4 bridgehead atoms. The van der Waals surface area contributed by atoms with Gasteiger partial charge in [0.05, 0.1) is 14.2 Å². The number of rotatable bonds is 5. The lowest BCUT2D eigenvalue weighted by Gasteiger charge is -2.55. The third-order valence-electron chi connectivity index (χ3n) is 6.36. The molecule has 0 unspecified atom stereocenters. The molecule has 0 aliphatic heterocycles. The highest BCUT2D eigenvalue weighted by molar-refractivity contribution is 5.98. The van der Waals surface area contributed by atoms with E-state index in [0.717, 1.165) is 54.1 Å². The predicted molar refractivity (Wildman–Crippen MR) is 94.2 cm³/mol. The molecular weight excluding hydrogens is 300 g/mol. The molecule has 4 fully saturated rings. The SMILES string of the molecule is COc1cc(C=CC(=O)C23CC4CC(CC(C4)C2)C3)cc(OC)c1. The van der Waals surface area contributed by atoms with Gasteiger partial charge in [0.2, 0.25) is 0 Å². The van der Waals surface area contributed by atoms with Gasteiger partial charge in [-0.15, -0.1) is 0 Å². The van der Waals surface area contributed by atoms with Crippen LogP contribution < -0.4 is 9.47 Å². The Balaban J connectivity index is 1.55. The van der Waals surface area contributed by atoms with E-state index >= 15 is 0 Å². The van der Waals surface area contributed by atoms with Crippen molar-refractivity contribution in [2.45, 2.75) is 38.5 Å². The molecule has 3 nitrogen and oxygen atoms in total. The van der Waals surface area contributed by atoms with E-state index in [1.54, 1.807) is 20.3 Å². The van der Waals surface area contributed by atoms with Crippen LogP contribution >= 0.6 is 0 Å². The van der Waals surface area contributed by atoms with Crippen LogP contribution in [0.4, 0.5) is 0 Å². The maximum Gasteiger partial charge on any atom is 0.161 e. The van der Waals surface area contributed by atoms with E-state index in [1.807, 2.05) is 24.3 Å². The smallest absolute Gasteiger partial charge is 0.161 e. The summed E-state index contributed by atoms with van der Waals surface area (Å²) in [5.41, 5.74) is 0.887. The van der Waals surface area contributed by atoms with Crippen LogP contribution in [0.15, 0.2) is 24.3 Å². The molecule has 5 rings (SSSR count). The molecule has 0 saturated heterocycles. The summed E-state index contributed by atoms with van der Waals surface area (Å²) in [4.78, 5) is 13.0. The van der Waals surface area contributed by atoms with Gasteiger partial charge in [-0.25, -0.2) is 0 Å². The number of benzene rings is 1. The van der Waals surface area contributed by atoms with Gasteiger partial charge in [0, 0.05) is 11.5 Å².